The largest absolute Gasteiger partial charge is 0.378 e. The van der Waals surface area contributed by atoms with Gasteiger partial charge in [-0.25, -0.2) is 0 Å². The molecule has 0 spiro atoms. The van der Waals surface area contributed by atoms with Crippen LogP contribution in [-0.4, -0.2) is 19.1 Å². The van der Waals surface area contributed by atoms with Gasteiger partial charge in [-0.05, 0) is 29.8 Å². The summed E-state index contributed by atoms with van der Waals surface area (Å²) in [6.45, 7) is 0. The van der Waals surface area contributed by atoms with E-state index in [1.54, 1.807) is 0 Å². The molecule has 1 heterocycles. The van der Waals surface area contributed by atoms with Gasteiger partial charge in [0.1, 0.15) is 0 Å². The van der Waals surface area contributed by atoms with Crippen LogP contribution in [0.5, 0.6) is 0 Å². The quantitative estimate of drug-likeness (QED) is 0.798. The molecule has 0 aliphatic rings. The molecule has 0 saturated carbocycles. The number of rotatable bonds is 3. The van der Waals surface area contributed by atoms with Crippen LogP contribution in [0.2, 0.25) is 0 Å². The van der Waals surface area contributed by atoms with Crippen molar-refractivity contribution in [3.8, 4) is 0 Å². The van der Waals surface area contributed by atoms with Gasteiger partial charge in [0.25, 0.3) is 0 Å². The van der Waals surface area contributed by atoms with Gasteiger partial charge in [0.15, 0.2) is 5.43 Å². The number of para-hydroxylation sites is 1. The molecule has 0 amide bonds. The Morgan fingerprint density at radius 3 is 2.43 bits per heavy atom. The van der Waals surface area contributed by atoms with E-state index in [9.17, 15) is 4.79 Å². The second kappa shape index (κ2) is 5.44. The van der Waals surface area contributed by atoms with Crippen molar-refractivity contribution in [2.75, 3.05) is 19.0 Å². The lowest BCUT2D eigenvalue weighted by Gasteiger charge is -2.12. The van der Waals surface area contributed by atoms with Crippen LogP contribution >= 0.6 is 0 Å². The number of nitrogens with one attached hydrogen (secondary N) is 1. The van der Waals surface area contributed by atoms with Crippen molar-refractivity contribution in [1.29, 1.82) is 0 Å². The lowest BCUT2D eigenvalue weighted by molar-refractivity contribution is 1.11. The highest BCUT2D eigenvalue weighted by molar-refractivity contribution is 5.78. The number of aromatic amines is 1. The lowest BCUT2D eigenvalue weighted by atomic mass is 10.0. The number of hydrogen-bond acceptors (Lipinski definition) is 2. The minimum Gasteiger partial charge on any atom is -0.378 e. The monoisotopic (exact) mass is 278 g/mol. The molecule has 0 fully saturated rings. The topological polar surface area (TPSA) is 36.1 Å². The molecule has 21 heavy (non-hydrogen) atoms. The minimum atomic E-state index is 0.112. The predicted molar refractivity (Wildman–Crippen MR) is 88.1 cm³/mol. The van der Waals surface area contributed by atoms with Gasteiger partial charge in [0.2, 0.25) is 0 Å². The normalized spacial score (nSPS) is 10.8. The van der Waals surface area contributed by atoms with Crippen LogP contribution in [0.15, 0.2) is 59.5 Å². The van der Waals surface area contributed by atoms with E-state index < -0.39 is 0 Å². The standard InChI is InChI=1S/C18H18N2O/c1-20(2)15-9-7-13(8-10-15)11-14-12-19-17-6-4-3-5-16(17)18(14)21/h3-10,12H,11H2,1-2H3,(H,19,21). The van der Waals surface area contributed by atoms with Crippen LogP contribution in [-0.2, 0) is 6.42 Å². The molecule has 3 rings (SSSR count). The molecule has 0 atom stereocenters. The van der Waals surface area contributed by atoms with Crippen molar-refractivity contribution in [3.05, 3.63) is 76.1 Å². The van der Waals surface area contributed by atoms with Crippen LogP contribution < -0.4 is 10.3 Å². The van der Waals surface area contributed by atoms with E-state index in [4.69, 9.17) is 0 Å². The van der Waals surface area contributed by atoms with Crippen molar-refractivity contribution in [3.63, 3.8) is 0 Å². The van der Waals surface area contributed by atoms with Gasteiger partial charge in [-0.15, -0.1) is 0 Å². The summed E-state index contributed by atoms with van der Waals surface area (Å²) in [5.41, 5.74) is 4.09. The number of pyridine rings is 1. The molecule has 0 radical (unpaired) electrons. The number of fused-ring (bicyclic) bond motifs is 1. The minimum absolute atomic E-state index is 0.112. The zero-order valence-electron chi connectivity index (χ0n) is 12.3. The van der Waals surface area contributed by atoms with Gasteiger partial charge in [0, 0.05) is 48.9 Å². The number of hydrogen-bond donors (Lipinski definition) is 1. The van der Waals surface area contributed by atoms with Crippen molar-refractivity contribution in [2.24, 2.45) is 0 Å². The number of anilines is 1. The van der Waals surface area contributed by atoms with E-state index in [0.717, 1.165) is 27.7 Å². The van der Waals surface area contributed by atoms with E-state index in [1.165, 1.54) is 0 Å². The van der Waals surface area contributed by atoms with Gasteiger partial charge in [0.05, 0.1) is 0 Å². The Morgan fingerprint density at radius 1 is 1.00 bits per heavy atom. The van der Waals surface area contributed by atoms with E-state index in [2.05, 4.69) is 34.1 Å². The van der Waals surface area contributed by atoms with E-state index in [1.807, 2.05) is 44.6 Å². The highest BCUT2D eigenvalue weighted by Gasteiger charge is 2.06. The average Bonchev–Trinajstić information content (AvgIpc) is 2.51. The van der Waals surface area contributed by atoms with E-state index in [-0.39, 0.29) is 5.43 Å². The highest BCUT2D eigenvalue weighted by atomic mass is 16.1. The van der Waals surface area contributed by atoms with Crippen LogP contribution in [0.25, 0.3) is 10.9 Å². The Balaban J connectivity index is 1.94. The van der Waals surface area contributed by atoms with Gasteiger partial charge in [-0.2, -0.15) is 0 Å². The Kier molecular flexibility index (Phi) is 3.48. The summed E-state index contributed by atoms with van der Waals surface area (Å²) in [5.74, 6) is 0. The van der Waals surface area contributed by atoms with Crippen molar-refractivity contribution >= 4 is 16.6 Å². The molecular weight excluding hydrogens is 260 g/mol. The summed E-state index contributed by atoms with van der Waals surface area (Å²) in [6, 6.07) is 15.9. The van der Waals surface area contributed by atoms with Crippen LogP contribution in [0.1, 0.15) is 11.1 Å². The maximum absolute atomic E-state index is 12.5. The van der Waals surface area contributed by atoms with E-state index >= 15 is 0 Å². The molecule has 0 unspecified atom stereocenters. The number of benzene rings is 2. The second-order valence-corrected chi connectivity index (χ2v) is 5.43. The molecule has 0 aliphatic heterocycles. The smallest absolute Gasteiger partial charge is 0.192 e. The molecule has 1 N–H and O–H groups in total. The molecular formula is C18H18N2O. The fourth-order valence-corrected chi connectivity index (χ4v) is 2.47. The fraction of sp³-hybridized carbons (Fsp3) is 0.167. The van der Waals surface area contributed by atoms with Gasteiger partial charge in [-0.1, -0.05) is 24.3 Å². The molecule has 2 aromatic carbocycles. The number of nitrogens with zero attached hydrogens (tertiary/aromatic N) is 1. The zero-order chi connectivity index (χ0) is 14.8. The summed E-state index contributed by atoms with van der Waals surface area (Å²) < 4.78 is 0. The molecule has 1 aromatic heterocycles. The molecule has 106 valence electrons. The second-order valence-electron chi connectivity index (χ2n) is 5.43. The zero-order valence-corrected chi connectivity index (χ0v) is 12.3. The predicted octanol–water partition coefficient (Wildman–Crippen LogP) is 3.18. The Labute approximate surface area is 123 Å². The van der Waals surface area contributed by atoms with E-state index in [0.29, 0.717) is 6.42 Å². The van der Waals surface area contributed by atoms with Gasteiger partial charge in [-0.3, -0.25) is 4.79 Å². The van der Waals surface area contributed by atoms with Gasteiger partial charge >= 0.3 is 0 Å². The number of H-pyrrole nitrogens is 1. The average molecular weight is 278 g/mol. The summed E-state index contributed by atoms with van der Waals surface area (Å²) in [7, 11) is 4.03. The molecule has 0 aliphatic carbocycles. The maximum Gasteiger partial charge on any atom is 0.192 e. The first-order chi connectivity index (χ1) is 10.1. The number of aromatic nitrogens is 1. The Morgan fingerprint density at radius 2 is 1.71 bits per heavy atom. The Bertz CT molecular complexity index is 816. The summed E-state index contributed by atoms with van der Waals surface area (Å²) in [4.78, 5) is 17.7. The SMILES string of the molecule is CN(C)c1ccc(Cc2c[nH]c3ccccc3c2=O)cc1. The molecule has 3 heteroatoms. The first-order valence-corrected chi connectivity index (χ1v) is 7.01. The third-order valence-corrected chi connectivity index (χ3v) is 3.71. The van der Waals surface area contributed by atoms with Gasteiger partial charge < -0.3 is 9.88 Å². The van der Waals surface area contributed by atoms with Crippen molar-refractivity contribution in [2.45, 2.75) is 6.42 Å². The summed E-state index contributed by atoms with van der Waals surface area (Å²) in [6.07, 6.45) is 2.47. The van der Waals surface area contributed by atoms with Crippen molar-refractivity contribution < 1.29 is 0 Å². The molecule has 3 nitrogen and oxygen atoms in total. The first-order valence-electron chi connectivity index (χ1n) is 7.01. The molecule has 0 bridgehead atoms. The summed E-state index contributed by atoms with van der Waals surface area (Å²) >= 11 is 0. The maximum atomic E-state index is 12.5. The van der Waals surface area contributed by atoms with Crippen LogP contribution in [0.3, 0.4) is 0 Å². The molecule has 0 saturated heterocycles. The van der Waals surface area contributed by atoms with Crippen LogP contribution in [0, 0.1) is 0 Å². The third-order valence-electron chi connectivity index (χ3n) is 3.71. The fourth-order valence-electron chi connectivity index (χ4n) is 2.47. The summed E-state index contributed by atoms with van der Waals surface area (Å²) in [5, 5.41) is 0.750. The third kappa shape index (κ3) is 2.68. The Hall–Kier alpha value is -2.55. The van der Waals surface area contributed by atoms with Crippen LogP contribution in [0.4, 0.5) is 5.69 Å². The van der Waals surface area contributed by atoms with Crippen molar-refractivity contribution in [1.82, 2.24) is 4.98 Å². The lowest BCUT2D eigenvalue weighted by Crippen LogP contribution is -2.11. The highest BCUT2D eigenvalue weighted by Crippen LogP contribution is 2.15. The first kappa shape index (κ1) is 13.4. The molecule has 3 aromatic rings.